The van der Waals surface area contributed by atoms with Crippen LogP contribution in [-0.4, -0.2) is 38.8 Å². The Balaban J connectivity index is 1.42. The van der Waals surface area contributed by atoms with Crippen molar-refractivity contribution in [3.8, 4) is 11.3 Å². The molecule has 0 aromatic carbocycles. The van der Waals surface area contributed by atoms with Gasteiger partial charge in [0.2, 0.25) is 0 Å². The Morgan fingerprint density at radius 2 is 1.79 bits per heavy atom. The van der Waals surface area contributed by atoms with Gasteiger partial charge in [0, 0.05) is 17.9 Å². The van der Waals surface area contributed by atoms with Crippen LogP contribution >= 0.6 is 0 Å². The van der Waals surface area contributed by atoms with Crippen LogP contribution in [0.4, 0.5) is 0 Å². The second-order valence-electron chi connectivity index (χ2n) is 9.92. The molecule has 0 amide bonds. The van der Waals surface area contributed by atoms with Crippen LogP contribution in [0.5, 0.6) is 0 Å². The lowest BCUT2D eigenvalue weighted by atomic mass is 9.93. The highest BCUT2D eigenvalue weighted by Gasteiger charge is 2.40. The molecule has 0 radical (unpaired) electrons. The Hall–Kier alpha value is -1.99. The lowest BCUT2D eigenvalue weighted by Gasteiger charge is -2.41. The van der Waals surface area contributed by atoms with Crippen molar-refractivity contribution in [3.05, 3.63) is 36.4 Å². The molecule has 0 aliphatic heterocycles. The summed E-state index contributed by atoms with van der Waals surface area (Å²) in [6, 6.07) is 4.43. The third kappa shape index (κ3) is 4.16. The number of aromatic nitrogens is 5. The molecule has 6 nitrogen and oxygen atoms in total. The minimum Gasteiger partial charge on any atom is -0.414 e. The predicted octanol–water partition coefficient (Wildman–Crippen LogP) is 5.41. The van der Waals surface area contributed by atoms with Gasteiger partial charge in [0.1, 0.15) is 0 Å². The van der Waals surface area contributed by atoms with Gasteiger partial charge in [-0.05, 0) is 62.9 Å². The summed E-state index contributed by atoms with van der Waals surface area (Å²) in [4.78, 5) is 4.69. The summed E-state index contributed by atoms with van der Waals surface area (Å²) in [7, 11) is -1.69. The maximum atomic E-state index is 6.63. The summed E-state index contributed by atoms with van der Waals surface area (Å²) in [5.74, 6) is 0. The topological polar surface area (TPSA) is 57.2 Å². The van der Waals surface area contributed by atoms with Crippen molar-refractivity contribution in [2.75, 3.05) is 0 Å². The molecular weight excluding hydrogens is 378 g/mol. The Kier molecular flexibility index (Phi) is 5.15. The summed E-state index contributed by atoms with van der Waals surface area (Å²) in [5.41, 5.74) is 3.81. The fourth-order valence-corrected chi connectivity index (χ4v) is 5.23. The van der Waals surface area contributed by atoms with E-state index in [2.05, 4.69) is 59.9 Å². The van der Waals surface area contributed by atoms with E-state index in [-0.39, 0.29) is 5.04 Å². The first-order chi connectivity index (χ1) is 13.6. The van der Waals surface area contributed by atoms with E-state index in [1.165, 1.54) is 0 Å². The molecule has 0 bridgehead atoms. The predicted molar refractivity (Wildman–Crippen MR) is 119 cm³/mol. The van der Waals surface area contributed by atoms with Crippen LogP contribution in [0.2, 0.25) is 18.1 Å². The molecule has 0 spiro atoms. The fraction of sp³-hybridized carbons (Fsp3) is 0.591. The minimum atomic E-state index is -1.69. The van der Waals surface area contributed by atoms with Crippen molar-refractivity contribution in [2.24, 2.45) is 0 Å². The van der Waals surface area contributed by atoms with Gasteiger partial charge in [-0.15, -0.1) is 0 Å². The molecule has 3 heterocycles. The smallest absolute Gasteiger partial charge is 0.192 e. The van der Waals surface area contributed by atoms with E-state index in [0.29, 0.717) is 12.1 Å². The van der Waals surface area contributed by atoms with Gasteiger partial charge in [-0.25, -0.2) is 9.50 Å². The van der Waals surface area contributed by atoms with E-state index in [9.17, 15) is 0 Å². The van der Waals surface area contributed by atoms with Crippen molar-refractivity contribution in [1.82, 2.24) is 24.4 Å². The van der Waals surface area contributed by atoms with Crippen LogP contribution in [0.3, 0.4) is 0 Å². The van der Waals surface area contributed by atoms with Crippen LogP contribution in [0.15, 0.2) is 30.7 Å². The monoisotopic (exact) mass is 411 g/mol. The molecule has 3 aromatic rings. The molecule has 7 heteroatoms. The fourth-order valence-electron chi connectivity index (χ4n) is 3.81. The quantitative estimate of drug-likeness (QED) is 0.539. The van der Waals surface area contributed by atoms with E-state index in [0.717, 1.165) is 48.3 Å². The highest BCUT2D eigenvalue weighted by atomic mass is 28.4. The van der Waals surface area contributed by atoms with E-state index >= 15 is 0 Å². The van der Waals surface area contributed by atoms with Crippen molar-refractivity contribution in [2.45, 2.75) is 83.7 Å². The van der Waals surface area contributed by atoms with Gasteiger partial charge in [0.25, 0.3) is 0 Å². The summed E-state index contributed by atoms with van der Waals surface area (Å²) >= 11 is 0. The van der Waals surface area contributed by atoms with Gasteiger partial charge in [0.05, 0.1) is 29.8 Å². The normalized spacial score (nSPS) is 21.0. The zero-order valence-corrected chi connectivity index (χ0v) is 19.5. The molecule has 4 rings (SSSR count). The average molecular weight is 412 g/mol. The summed E-state index contributed by atoms with van der Waals surface area (Å²) in [5, 5.41) is 9.41. The molecule has 156 valence electrons. The Morgan fingerprint density at radius 3 is 2.48 bits per heavy atom. The standard InChI is InChI=1S/C22H33N5OSi/c1-16-7-12-21-24-20(15-27(21)25-16)17-13-23-26(14-17)18-8-10-19(11-9-18)28-29(5,6)22(2,3)4/h7,12-15,18-19H,8-11H2,1-6H3. The maximum Gasteiger partial charge on any atom is 0.192 e. The van der Waals surface area contributed by atoms with Crippen molar-refractivity contribution < 1.29 is 4.43 Å². The van der Waals surface area contributed by atoms with Gasteiger partial charge in [-0.3, -0.25) is 4.68 Å². The molecule has 0 unspecified atom stereocenters. The van der Waals surface area contributed by atoms with E-state index in [1.807, 2.05) is 36.0 Å². The molecule has 29 heavy (non-hydrogen) atoms. The summed E-state index contributed by atoms with van der Waals surface area (Å²) < 4.78 is 10.6. The number of imidazole rings is 1. The maximum absolute atomic E-state index is 6.63. The first kappa shape index (κ1) is 20.3. The third-order valence-electron chi connectivity index (χ3n) is 6.64. The number of hydrogen-bond donors (Lipinski definition) is 0. The largest absolute Gasteiger partial charge is 0.414 e. The first-order valence-electron chi connectivity index (χ1n) is 10.7. The molecule has 1 aliphatic carbocycles. The van der Waals surface area contributed by atoms with Crippen LogP contribution in [0.25, 0.3) is 16.9 Å². The Labute approximate surface area is 174 Å². The zero-order chi connectivity index (χ0) is 20.8. The van der Waals surface area contributed by atoms with E-state index < -0.39 is 8.32 Å². The molecule has 1 fully saturated rings. The van der Waals surface area contributed by atoms with Crippen LogP contribution in [0, 0.1) is 6.92 Å². The highest BCUT2D eigenvalue weighted by molar-refractivity contribution is 6.74. The Bertz CT molecular complexity index is 992. The molecule has 0 atom stereocenters. The van der Waals surface area contributed by atoms with Crippen molar-refractivity contribution >= 4 is 14.0 Å². The second-order valence-corrected chi connectivity index (χ2v) is 14.7. The second kappa shape index (κ2) is 7.36. The highest BCUT2D eigenvalue weighted by Crippen LogP contribution is 2.40. The van der Waals surface area contributed by atoms with Crippen LogP contribution in [0.1, 0.15) is 58.2 Å². The zero-order valence-electron chi connectivity index (χ0n) is 18.5. The van der Waals surface area contributed by atoms with Gasteiger partial charge in [-0.2, -0.15) is 10.2 Å². The van der Waals surface area contributed by atoms with Gasteiger partial charge >= 0.3 is 0 Å². The average Bonchev–Trinajstić information content (AvgIpc) is 3.27. The van der Waals surface area contributed by atoms with Crippen LogP contribution < -0.4 is 0 Å². The third-order valence-corrected chi connectivity index (χ3v) is 11.2. The SMILES string of the molecule is Cc1ccc2nc(-c3cnn(C4CCC(O[Si](C)(C)C(C)(C)C)CC4)c3)cn2n1. The summed E-state index contributed by atoms with van der Waals surface area (Å²) in [6.45, 7) is 13.6. The molecule has 1 saturated carbocycles. The number of nitrogens with zero attached hydrogens (tertiary/aromatic N) is 5. The van der Waals surface area contributed by atoms with E-state index in [4.69, 9.17) is 4.43 Å². The van der Waals surface area contributed by atoms with Crippen molar-refractivity contribution in [1.29, 1.82) is 0 Å². The lowest BCUT2D eigenvalue weighted by molar-refractivity contribution is 0.115. The number of hydrogen-bond acceptors (Lipinski definition) is 4. The first-order valence-corrected chi connectivity index (χ1v) is 13.6. The number of rotatable bonds is 4. The van der Waals surface area contributed by atoms with Crippen LogP contribution in [-0.2, 0) is 4.43 Å². The lowest BCUT2D eigenvalue weighted by Crippen LogP contribution is -2.44. The minimum absolute atomic E-state index is 0.266. The number of fused-ring (bicyclic) bond motifs is 1. The number of aryl methyl sites for hydroxylation is 1. The molecule has 0 saturated heterocycles. The Morgan fingerprint density at radius 1 is 1.07 bits per heavy atom. The van der Waals surface area contributed by atoms with Gasteiger partial charge in [-0.1, -0.05) is 20.8 Å². The van der Waals surface area contributed by atoms with E-state index in [1.54, 1.807) is 0 Å². The summed E-state index contributed by atoms with van der Waals surface area (Å²) in [6.07, 6.45) is 10.9. The molecule has 0 N–H and O–H groups in total. The molecule has 3 aromatic heterocycles. The molecule has 1 aliphatic rings. The molecular formula is C22H33N5OSi. The van der Waals surface area contributed by atoms with Crippen molar-refractivity contribution in [3.63, 3.8) is 0 Å². The van der Waals surface area contributed by atoms with Gasteiger partial charge < -0.3 is 4.43 Å². The van der Waals surface area contributed by atoms with Gasteiger partial charge in [0.15, 0.2) is 14.0 Å².